The quantitative estimate of drug-likeness (QED) is 0.404. The number of anilines is 1. The number of imide groups is 1. The van der Waals surface area contributed by atoms with Gasteiger partial charge in [-0.2, -0.15) is 0 Å². The van der Waals surface area contributed by atoms with Gasteiger partial charge < -0.3 is 4.42 Å². The summed E-state index contributed by atoms with van der Waals surface area (Å²) in [5.74, 6) is 0.547. The molecule has 0 bridgehead atoms. The number of thioether (sulfide) groups is 1. The first-order chi connectivity index (χ1) is 13.8. The van der Waals surface area contributed by atoms with Crippen LogP contribution in [0.25, 0.3) is 17.4 Å². The van der Waals surface area contributed by atoms with Crippen LogP contribution in [0.5, 0.6) is 0 Å². The minimum absolute atomic E-state index is 0.294. The summed E-state index contributed by atoms with van der Waals surface area (Å²) >= 11 is 13.3. The summed E-state index contributed by atoms with van der Waals surface area (Å²) in [5.41, 5.74) is 3.01. The van der Waals surface area contributed by atoms with E-state index in [9.17, 15) is 9.59 Å². The van der Waals surface area contributed by atoms with Crippen LogP contribution in [0.2, 0.25) is 10.0 Å². The lowest BCUT2D eigenvalue weighted by atomic mass is 10.1. The lowest BCUT2D eigenvalue weighted by molar-refractivity contribution is -0.113. The number of nitrogens with zero attached hydrogens (tertiary/aromatic N) is 1. The molecule has 1 aromatic heterocycles. The standard InChI is InChI=1S/C22H15Cl2NO3S/c1-12-6-7-13(2)17(10-12)25-21(26)19(29-22(25)27)11-14-8-9-18(28-14)20-15(23)4-3-5-16(20)24/h3-11H,1-2H3/b19-11+. The molecule has 1 aliphatic rings. The summed E-state index contributed by atoms with van der Waals surface area (Å²) < 4.78 is 5.82. The Bertz CT molecular complexity index is 1160. The van der Waals surface area contributed by atoms with Crippen LogP contribution >= 0.6 is 35.0 Å². The van der Waals surface area contributed by atoms with Gasteiger partial charge in [0.25, 0.3) is 11.1 Å². The summed E-state index contributed by atoms with van der Waals surface area (Å²) in [6.45, 7) is 3.79. The molecular weight excluding hydrogens is 429 g/mol. The highest BCUT2D eigenvalue weighted by molar-refractivity contribution is 8.19. The number of rotatable bonds is 3. The van der Waals surface area contributed by atoms with E-state index >= 15 is 0 Å². The largest absolute Gasteiger partial charge is 0.457 e. The van der Waals surface area contributed by atoms with Crippen molar-refractivity contribution in [1.82, 2.24) is 0 Å². The summed E-state index contributed by atoms with van der Waals surface area (Å²) in [6, 6.07) is 14.3. The second-order valence-corrected chi connectivity index (χ2v) is 8.41. The van der Waals surface area contributed by atoms with Crippen LogP contribution in [0.15, 0.2) is 57.9 Å². The normalized spacial score (nSPS) is 15.6. The average molecular weight is 444 g/mol. The summed E-state index contributed by atoms with van der Waals surface area (Å²) in [6.07, 6.45) is 1.56. The molecule has 7 heteroatoms. The topological polar surface area (TPSA) is 50.5 Å². The fraction of sp³-hybridized carbons (Fsp3) is 0.0909. The number of carbonyl (C=O) groups is 2. The fourth-order valence-electron chi connectivity index (χ4n) is 3.06. The Balaban J connectivity index is 1.67. The predicted octanol–water partition coefficient (Wildman–Crippen LogP) is 7.11. The number of hydrogen-bond donors (Lipinski definition) is 0. The maximum absolute atomic E-state index is 12.9. The smallest absolute Gasteiger partial charge is 0.298 e. The van der Waals surface area contributed by atoms with Crippen molar-refractivity contribution in [1.29, 1.82) is 0 Å². The first-order valence-corrected chi connectivity index (χ1v) is 10.3. The van der Waals surface area contributed by atoms with E-state index in [4.69, 9.17) is 27.6 Å². The molecule has 4 nitrogen and oxygen atoms in total. The number of carbonyl (C=O) groups excluding carboxylic acids is 2. The Morgan fingerprint density at radius 2 is 1.72 bits per heavy atom. The summed E-state index contributed by atoms with van der Waals surface area (Å²) in [4.78, 5) is 26.9. The van der Waals surface area contributed by atoms with E-state index in [1.165, 1.54) is 4.90 Å². The second kappa shape index (κ2) is 7.75. The molecule has 3 aromatic rings. The van der Waals surface area contributed by atoms with Crippen molar-refractivity contribution < 1.29 is 14.0 Å². The molecule has 2 heterocycles. The molecule has 146 valence electrons. The Kier molecular flexibility index (Phi) is 5.30. The van der Waals surface area contributed by atoms with Gasteiger partial charge in [0.2, 0.25) is 0 Å². The number of halogens is 2. The van der Waals surface area contributed by atoms with E-state index in [1.54, 1.807) is 36.4 Å². The lowest BCUT2D eigenvalue weighted by Crippen LogP contribution is -2.28. The number of benzene rings is 2. The van der Waals surface area contributed by atoms with Crippen LogP contribution in [0.4, 0.5) is 10.5 Å². The molecule has 0 aliphatic carbocycles. The van der Waals surface area contributed by atoms with E-state index in [0.717, 1.165) is 22.9 Å². The third-order valence-electron chi connectivity index (χ3n) is 4.51. The zero-order valence-electron chi connectivity index (χ0n) is 15.5. The van der Waals surface area contributed by atoms with Gasteiger partial charge in [0.05, 0.1) is 26.2 Å². The molecule has 0 saturated carbocycles. The van der Waals surface area contributed by atoms with Crippen molar-refractivity contribution in [3.05, 3.63) is 80.4 Å². The molecule has 0 N–H and O–H groups in total. The number of amides is 2. The van der Waals surface area contributed by atoms with Crippen molar-refractivity contribution in [2.75, 3.05) is 4.90 Å². The Morgan fingerprint density at radius 3 is 2.45 bits per heavy atom. The van der Waals surface area contributed by atoms with Gasteiger partial charge in [-0.05, 0) is 67.1 Å². The predicted molar refractivity (Wildman–Crippen MR) is 119 cm³/mol. The second-order valence-electron chi connectivity index (χ2n) is 6.61. The molecule has 29 heavy (non-hydrogen) atoms. The maximum Gasteiger partial charge on any atom is 0.298 e. The van der Waals surface area contributed by atoms with Gasteiger partial charge in [0, 0.05) is 6.08 Å². The zero-order chi connectivity index (χ0) is 20.7. The molecule has 0 radical (unpaired) electrons. The van der Waals surface area contributed by atoms with E-state index in [-0.39, 0.29) is 11.1 Å². The number of hydrogen-bond acceptors (Lipinski definition) is 4. The van der Waals surface area contributed by atoms with Gasteiger partial charge in [0.15, 0.2) is 0 Å². The van der Waals surface area contributed by atoms with E-state index in [2.05, 4.69) is 0 Å². The highest BCUT2D eigenvalue weighted by Gasteiger charge is 2.37. The van der Waals surface area contributed by atoms with Crippen molar-refractivity contribution in [3.8, 4) is 11.3 Å². The number of furan rings is 1. The molecule has 4 rings (SSSR count). The summed E-state index contributed by atoms with van der Waals surface area (Å²) in [7, 11) is 0. The fourth-order valence-corrected chi connectivity index (χ4v) is 4.46. The van der Waals surface area contributed by atoms with Crippen molar-refractivity contribution in [2.45, 2.75) is 13.8 Å². The molecule has 2 aromatic carbocycles. The van der Waals surface area contributed by atoms with Crippen LogP contribution in [0.1, 0.15) is 16.9 Å². The van der Waals surface area contributed by atoms with Crippen LogP contribution in [0.3, 0.4) is 0 Å². The first kappa shape index (κ1) is 19.8. The zero-order valence-corrected chi connectivity index (χ0v) is 17.9. The van der Waals surface area contributed by atoms with Crippen molar-refractivity contribution in [3.63, 3.8) is 0 Å². The SMILES string of the molecule is Cc1ccc(C)c(N2C(=O)S/C(=C/c3ccc(-c4c(Cl)cccc4Cl)o3)C2=O)c1. The highest BCUT2D eigenvalue weighted by Crippen LogP contribution is 2.39. The van der Waals surface area contributed by atoms with Gasteiger partial charge in [0.1, 0.15) is 11.5 Å². The minimum Gasteiger partial charge on any atom is -0.457 e. The van der Waals surface area contributed by atoms with Gasteiger partial charge >= 0.3 is 0 Å². The highest BCUT2D eigenvalue weighted by atomic mass is 35.5. The molecule has 0 spiro atoms. The molecule has 1 fully saturated rings. The maximum atomic E-state index is 12.9. The molecular formula is C22H15Cl2NO3S. The van der Waals surface area contributed by atoms with E-state index < -0.39 is 0 Å². The average Bonchev–Trinajstić information content (AvgIpc) is 3.22. The molecule has 1 saturated heterocycles. The Morgan fingerprint density at radius 1 is 1.00 bits per heavy atom. The molecule has 2 amide bonds. The molecule has 1 aliphatic heterocycles. The minimum atomic E-state index is -0.373. The van der Waals surface area contributed by atoms with Crippen LogP contribution in [0, 0.1) is 13.8 Å². The van der Waals surface area contributed by atoms with E-state index in [1.807, 2.05) is 32.0 Å². The van der Waals surface area contributed by atoms with Crippen molar-refractivity contribution >= 4 is 57.9 Å². The third kappa shape index (κ3) is 3.73. The van der Waals surface area contributed by atoms with Crippen LogP contribution < -0.4 is 4.90 Å². The number of aryl methyl sites for hydroxylation is 2. The van der Waals surface area contributed by atoms with Gasteiger partial charge in [-0.1, -0.05) is 41.4 Å². The molecule has 0 atom stereocenters. The van der Waals surface area contributed by atoms with Gasteiger partial charge in [-0.3, -0.25) is 9.59 Å². The van der Waals surface area contributed by atoms with Gasteiger partial charge in [-0.15, -0.1) is 0 Å². The first-order valence-electron chi connectivity index (χ1n) is 8.74. The monoisotopic (exact) mass is 443 g/mol. The van der Waals surface area contributed by atoms with Crippen molar-refractivity contribution in [2.24, 2.45) is 0 Å². The Hall–Kier alpha value is -2.47. The lowest BCUT2D eigenvalue weighted by Gasteiger charge is -2.15. The van der Waals surface area contributed by atoms with Crippen LogP contribution in [-0.2, 0) is 4.79 Å². The Labute approximate surface area is 182 Å². The third-order valence-corrected chi connectivity index (χ3v) is 6.01. The van der Waals surface area contributed by atoms with Crippen LogP contribution in [-0.4, -0.2) is 11.1 Å². The summed E-state index contributed by atoms with van der Waals surface area (Å²) in [5, 5.41) is 0.596. The van der Waals surface area contributed by atoms with E-state index in [0.29, 0.717) is 37.7 Å². The molecule has 0 unspecified atom stereocenters. The van der Waals surface area contributed by atoms with Gasteiger partial charge in [-0.25, -0.2) is 4.90 Å².